The minimum Gasteiger partial charge on any atom is -0.391 e. The van der Waals surface area contributed by atoms with Crippen LogP contribution in [0.2, 0.25) is 5.02 Å². The van der Waals surface area contributed by atoms with Gasteiger partial charge in [-0.3, -0.25) is 4.79 Å². The Labute approximate surface area is 141 Å². The van der Waals surface area contributed by atoms with Crippen molar-refractivity contribution in [1.29, 1.82) is 0 Å². The van der Waals surface area contributed by atoms with E-state index >= 15 is 0 Å². The number of rotatable bonds is 4. The van der Waals surface area contributed by atoms with Crippen LogP contribution < -0.4 is 5.32 Å². The first-order valence-electron chi connectivity index (χ1n) is 7.47. The fourth-order valence-electron chi connectivity index (χ4n) is 2.04. The van der Waals surface area contributed by atoms with Crippen LogP contribution in [0, 0.1) is 12.3 Å². The molecule has 1 atom stereocenters. The quantitative estimate of drug-likeness (QED) is 0.902. The number of hydrogen-bond donors (Lipinski definition) is 2. The molecule has 0 radical (unpaired) electrons. The number of nitrogens with zero attached hydrogens (tertiary/aromatic N) is 2. The molecule has 23 heavy (non-hydrogen) atoms. The summed E-state index contributed by atoms with van der Waals surface area (Å²) in [5, 5.41) is 17.6. The summed E-state index contributed by atoms with van der Waals surface area (Å²) in [4.78, 5) is 12.2. The molecule has 0 aliphatic heterocycles. The van der Waals surface area contributed by atoms with E-state index in [1.54, 1.807) is 22.9 Å². The highest BCUT2D eigenvalue weighted by atomic mass is 35.5. The highest BCUT2D eigenvalue weighted by Crippen LogP contribution is 2.19. The number of halogens is 1. The number of aliphatic hydroxyl groups is 1. The van der Waals surface area contributed by atoms with Crippen molar-refractivity contribution in [2.45, 2.75) is 33.8 Å². The van der Waals surface area contributed by atoms with Crippen LogP contribution in [0.25, 0.3) is 5.69 Å². The van der Waals surface area contributed by atoms with E-state index in [4.69, 9.17) is 11.6 Å². The molecule has 1 aromatic carbocycles. The van der Waals surface area contributed by atoms with Crippen LogP contribution in [0.4, 0.5) is 0 Å². The lowest BCUT2D eigenvalue weighted by Gasteiger charge is -2.25. The first-order chi connectivity index (χ1) is 10.7. The molecule has 5 nitrogen and oxygen atoms in total. The van der Waals surface area contributed by atoms with E-state index in [0.29, 0.717) is 10.7 Å². The SMILES string of the molecule is Cc1cc(C(=O)NCC(O)C(C)(C)C)nn1-c1cccc(Cl)c1. The van der Waals surface area contributed by atoms with Crippen molar-refractivity contribution in [3.63, 3.8) is 0 Å². The van der Waals surface area contributed by atoms with Gasteiger partial charge in [0.2, 0.25) is 0 Å². The van der Waals surface area contributed by atoms with Crippen molar-refractivity contribution in [2.75, 3.05) is 6.54 Å². The maximum atomic E-state index is 12.2. The first-order valence-corrected chi connectivity index (χ1v) is 7.85. The summed E-state index contributed by atoms with van der Waals surface area (Å²) in [5.41, 5.74) is 1.64. The Bertz CT molecular complexity index is 704. The Morgan fingerprint density at radius 3 is 2.70 bits per heavy atom. The number of amides is 1. The van der Waals surface area contributed by atoms with Gasteiger partial charge in [0.1, 0.15) is 0 Å². The molecule has 0 aliphatic rings. The molecule has 1 aromatic heterocycles. The van der Waals surface area contributed by atoms with Crippen LogP contribution in [0.3, 0.4) is 0 Å². The molecule has 0 spiro atoms. The van der Waals surface area contributed by atoms with Gasteiger partial charge in [-0.25, -0.2) is 4.68 Å². The van der Waals surface area contributed by atoms with Gasteiger partial charge in [0.15, 0.2) is 5.69 Å². The minimum atomic E-state index is -0.623. The molecule has 0 saturated heterocycles. The van der Waals surface area contributed by atoms with Crippen LogP contribution in [0.5, 0.6) is 0 Å². The minimum absolute atomic E-state index is 0.186. The molecule has 1 amide bonds. The Morgan fingerprint density at radius 1 is 1.39 bits per heavy atom. The van der Waals surface area contributed by atoms with Crippen LogP contribution in [0.1, 0.15) is 37.0 Å². The molecule has 1 heterocycles. The maximum absolute atomic E-state index is 12.2. The third kappa shape index (κ3) is 4.33. The highest BCUT2D eigenvalue weighted by molar-refractivity contribution is 6.30. The van der Waals surface area contributed by atoms with Gasteiger partial charge in [-0.05, 0) is 36.6 Å². The number of aliphatic hydroxyl groups excluding tert-OH is 1. The number of hydrogen-bond acceptors (Lipinski definition) is 3. The normalized spacial score (nSPS) is 13.0. The lowest BCUT2D eigenvalue weighted by Crippen LogP contribution is -2.39. The van der Waals surface area contributed by atoms with Gasteiger partial charge in [0.05, 0.1) is 11.8 Å². The van der Waals surface area contributed by atoms with E-state index in [0.717, 1.165) is 11.4 Å². The van der Waals surface area contributed by atoms with E-state index in [9.17, 15) is 9.90 Å². The molecule has 0 aliphatic carbocycles. The van der Waals surface area contributed by atoms with Gasteiger partial charge >= 0.3 is 0 Å². The molecule has 0 bridgehead atoms. The Balaban J connectivity index is 2.13. The molecule has 2 aromatic rings. The summed E-state index contributed by atoms with van der Waals surface area (Å²) in [6.45, 7) is 7.81. The second-order valence-corrected chi connectivity index (χ2v) is 7.09. The molecular formula is C17H22ClN3O2. The summed E-state index contributed by atoms with van der Waals surface area (Å²) in [7, 11) is 0. The molecule has 6 heteroatoms. The van der Waals surface area contributed by atoms with E-state index in [1.165, 1.54) is 0 Å². The summed E-state index contributed by atoms with van der Waals surface area (Å²) < 4.78 is 1.67. The van der Waals surface area contributed by atoms with Crippen LogP contribution >= 0.6 is 11.6 Å². The van der Waals surface area contributed by atoms with Gasteiger partial charge in [-0.2, -0.15) is 5.10 Å². The zero-order valence-electron chi connectivity index (χ0n) is 13.8. The predicted molar refractivity (Wildman–Crippen MR) is 91.1 cm³/mol. The fraction of sp³-hybridized carbons (Fsp3) is 0.412. The summed E-state index contributed by atoms with van der Waals surface area (Å²) >= 11 is 6.00. The lowest BCUT2D eigenvalue weighted by atomic mass is 9.89. The van der Waals surface area contributed by atoms with Crippen molar-refractivity contribution >= 4 is 17.5 Å². The predicted octanol–water partition coefficient (Wildman–Crippen LogP) is 2.97. The topological polar surface area (TPSA) is 67.2 Å². The zero-order chi connectivity index (χ0) is 17.2. The Kier molecular flexibility index (Phi) is 5.12. The van der Waals surface area contributed by atoms with Crippen LogP contribution in [0.15, 0.2) is 30.3 Å². The smallest absolute Gasteiger partial charge is 0.271 e. The second kappa shape index (κ2) is 6.72. The number of aromatic nitrogens is 2. The van der Waals surface area contributed by atoms with Gasteiger partial charge < -0.3 is 10.4 Å². The average molecular weight is 336 g/mol. The summed E-state index contributed by atoms with van der Waals surface area (Å²) in [5.74, 6) is -0.308. The zero-order valence-corrected chi connectivity index (χ0v) is 14.6. The van der Waals surface area contributed by atoms with Gasteiger partial charge in [-0.1, -0.05) is 38.4 Å². The van der Waals surface area contributed by atoms with Crippen LogP contribution in [-0.2, 0) is 0 Å². The highest BCUT2D eigenvalue weighted by Gasteiger charge is 2.23. The van der Waals surface area contributed by atoms with E-state index in [1.807, 2.05) is 39.8 Å². The number of benzene rings is 1. The Morgan fingerprint density at radius 2 is 2.09 bits per heavy atom. The molecule has 0 fully saturated rings. The number of nitrogens with one attached hydrogen (secondary N) is 1. The first kappa shape index (κ1) is 17.5. The van der Waals surface area contributed by atoms with Crippen molar-refractivity contribution in [3.8, 4) is 5.69 Å². The van der Waals surface area contributed by atoms with Crippen molar-refractivity contribution < 1.29 is 9.90 Å². The number of carbonyl (C=O) groups excluding carboxylic acids is 1. The van der Waals surface area contributed by atoms with E-state index < -0.39 is 6.10 Å². The number of aryl methyl sites for hydroxylation is 1. The molecule has 2 N–H and O–H groups in total. The molecule has 0 saturated carbocycles. The Hall–Kier alpha value is -1.85. The van der Waals surface area contributed by atoms with Crippen molar-refractivity contribution in [2.24, 2.45) is 5.41 Å². The fourth-order valence-corrected chi connectivity index (χ4v) is 2.23. The third-order valence-corrected chi connectivity index (χ3v) is 3.86. The summed E-state index contributed by atoms with van der Waals surface area (Å²) in [6.07, 6.45) is -0.623. The van der Waals surface area contributed by atoms with Crippen molar-refractivity contribution in [1.82, 2.24) is 15.1 Å². The second-order valence-electron chi connectivity index (χ2n) is 6.65. The molecular weight excluding hydrogens is 314 g/mol. The van der Waals surface area contributed by atoms with Crippen LogP contribution in [-0.4, -0.2) is 33.4 Å². The molecule has 2 rings (SSSR count). The summed E-state index contributed by atoms with van der Waals surface area (Å²) in [6, 6.07) is 8.98. The number of carbonyl (C=O) groups is 1. The molecule has 124 valence electrons. The van der Waals surface area contributed by atoms with Crippen molar-refractivity contribution in [3.05, 3.63) is 46.7 Å². The third-order valence-electron chi connectivity index (χ3n) is 3.63. The van der Waals surface area contributed by atoms with E-state index in [2.05, 4.69) is 10.4 Å². The van der Waals surface area contributed by atoms with Gasteiger partial charge in [0, 0.05) is 17.3 Å². The van der Waals surface area contributed by atoms with Gasteiger partial charge in [-0.15, -0.1) is 0 Å². The monoisotopic (exact) mass is 335 g/mol. The molecule has 1 unspecified atom stereocenters. The van der Waals surface area contributed by atoms with Gasteiger partial charge in [0.25, 0.3) is 5.91 Å². The lowest BCUT2D eigenvalue weighted by molar-refractivity contribution is 0.0585. The van der Waals surface area contributed by atoms with E-state index in [-0.39, 0.29) is 17.9 Å². The largest absolute Gasteiger partial charge is 0.391 e. The average Bonchev–Trinajstić information content (AvgIpc) is 2.85. The standard InChI is InChI=1S/C17H22ClN3O2/c1-11-8-14(16(23)19-10-15(22)17(2,3)4)20-21(11)13-7-5-6-12(18)9-13/h5-9,15,22H,10H2,1-4H3,(H,19,23). The maximum Gasteiger partial charge on any atom is 0.271 e.